The summed E-state index contributed by atoms with van der Waals surface area (Å²) >= 11 is 12.1. The van der Waals surface area contributed by atoms with E-state index in [2.05, 4.69) is 0 Å². The van der Waals surface area contributed by atoms with Crippen LogP contribution >= 0.6 is 23.2 Å². The third kappa shape index (κ3) is 1.90. The lowest BCUT2D eigenvalue weighted by Gasteiger charge is -2.35. The minimum Gasteiger partial charge on any atom is -0.309 e. The number of benzene rings is 1. The van der Waals surface area contributed by atoms with Gasteiger partial charge in [0.15, 0.2) is 0 Å². The lowest BCUT2D eigenvalue weighted by molar-refractivity contribution is -0.119. The summed E-state index contributed by atoms with van der Waals surface area (Å²) in [5, 5.41) is 0.568. The van der Waals surface area contributed by atoms with E-state index in [1.54, 1.807) is 30.0 Å². The minimum absolute atomic E-state index is 0.171. The first kappa shape index (κ1) is 13.7. The third-order valence-corrected chi connectivity index (χ3v) is 4.86. The fourth-order valence-corrected chi connectivity index (χ4v) is 3.09. The van der Waals surface area contributed by atoms with Crippen molar-refractivity contribution >= 4 is 40.8 Å². The molecule has 2 aliphatic rings. The summed E-state index contributed by atoms with van der Waals surface area (Å²) < 4.78 is 0. The highest BCUT2D eigenvalue weighted by Gasteiger charge is 2.48. The van der Waals surface area contributed by atoms with Crippen LogP contribution in [-0.4, -0.2) is 28.9 Å². The SMILES string of the molecule is C[C@H]1C(=O)N(c2cccc(Cl)c2Cl)C(=O)N1C1CCC1. The number of imide groups is 1. The van der Waals surface area contributed by atoms with E-state index in [9.17, 15) is 9.59 Å². The second-order valence-electron chi connectivity index (χ2n) is 5.20. The molecule has 3 amide bonds. The van der Waals surface area contributed by atoms with Crippen LogP contribution in [-0.2, 0) is 4.79 Å². The number of nitrogens with zero attached hydrogens (tertiary/aromatic N) is 2. The molecule has 3 rings (SSSR count). The van der Waals surface area contributed by atoms with Gasteiger partial charge in [-0.05, 0) is 38.3 Å². The molecule has 1 saturated heterocycles. The standard InChI is InChI=1S/C14H14Cl2N2O2/c1-8-13(19)18(11-7-3-6-10(15)12(11)16)14(20)17(8)9-4-2-5-9/h3,6-9H,2,4-5H2,1H3/t8-/m0/s1. The first-order valence-corrected chi connectivity index (χ1v) is 7.38. The summed E-state index contributed by atoms with van der Waals surface area (Å²) in [6, 6.07) is 4.39. The van der Waals surface area contributed by atoms with Crippen molar-refractivity contribution in [3.05, 3.63) is 28.2 Å². The van der Waals surface area contributed by atoms with Crippen molar-refractivity contribution in [3.63, 3.8) is 0 Å². The van der Waals surface area contributed by atoms with Crippen LogP contribution in [0.25, 0.3) is 0 Å². The molecule has 0 radical (unpaired) electrons. The molecule has 1 atom stereocenters. The molecule has 20 heavy (non-hydrogen) atoms. The van der Waals surface area contributed by atoms with Crippen molar-refractivity contribution in [3.8, 4) is 0 Å². The predicted octanol–water partition coefficient (Wildman–Crippen LogP) is 3.70. The molecule has 4 nitrogen and oxygen atoms in total. The van der Waals surface area contributed by atoms with E-state index >= 15 is 0 Å². The van der Waals surface area contributed by atoms with E-state index in [4.69, 9.17) is 23.2 Å². The van der Waals surface area contributed by atoms with E-state index in [1.807, 2.05) is 0 Å². The van der Waals surface area contributed by atoms with Crippen LogP contribution in [0, 0.1) is 0 Å². The first-order chi connectivity index (χ1) is 9.52. The second kappa shape index (κ2) is 4.93. The Morgan fingerprint density at radius 2 is 1.90 bits per heavy atom. The second-order valence-corrected chi connectivity index (χ2v) is 5.98. The van der Waals surface area contributed by atoms with Crippen molar-refractivity contribution < 1.29 is 9.59 Å². The van der Waals surface area contributed by atoms with Gasteiger partial charge in [-0.1, -0.05) is 29.3 Å². The van der Waals surface area contributed by atoms with Crippen molar-refractivity contribution in [2.45, 2.75) is 38.3 Å². The van der Waals surface area contributed by atoms with Crippen molar-refractivity contribution in [1.82, 2.24) is 4.90 Å². The average Bonchev–Trinajstić information content (AvgIpc) is 2.56. The first-order valence-electron chi connectivity index (χ1n) is 6.62. The molecular weight excluding hydrogens is 299 g/mol. The Morgan fingerprint density at radius 3 is 2.50 bits per heavy atom. The van der Waals surface area contributed by atoms with Gasteiger partial charge >= 0.3 is 6.03 Å². The molecule has 1 aliphatic carbocycles. The molecule has 1 aromatic carbocycles. The fourth-order valence-electron chi connectivity index (χ4n) is 2.71. The van der Waals surface area contributed by atoms with Crippen molar-refractivity contribution in [1.29, 1.82) is 0 Å². The Morgan fingerprint density at radius 1 is 1.20 bits per heavy atom. The van der Waals surface area contributed by atoms with E-state index < -0.39 is 6.04 Å². The number of anilines is 1. The Bertz CT molecular complexity index is 587. The van der Waals surface area contributed by atoms with Gasteiger partial charge in [0.2, 0.25) is 0 Å². The lowest BCUT2D eigenvalue weighted by Crippen LogP contribution is -2.45. The zero-order valence-electron chi connectivity index (χ0n) is 11.0. The van der Waals surface area contributed by atoms with E-state index in [0.29, 0.717) is 10.7 Å². The fraction of sp³-hybridized carbons (Fsp3) is 0.429. The Labute approximate surface area is 127 Å². The summed E-state index contributed by atoms with van der Waals surface area (Å²) in [5.74, 6) is -0.244. The molecule has 0 aromatic heterocycles. The van der Waals surface area contributed by atoms with Crippen LogP contribution in [0.4, 0.5) is 10.5 Å². The number of hydrogen-bond donors (Lipinski definition) is 0. The number of amides is 3. The van der Waals surface area contributed by atoms with Gasteiger partial charge in [-0.15, -0.1) is 0 Å². The predicted molar refractivity (Wildman–Crippen MR) is 78.3 cm³/mol. The van der Waals surface area contributed by atoms with Gasteiger partial charge in [0.25, 0.3) is 5.91 Å². The lowest BCUT2D eigenvalue weighted by atomic mass is 9.91. The highest BCUT2D eigenvalue weighted by Crippen LogP contribution is 2.38. The number of halogens is 2. The van der Waals surface area contributed by atoms with E-state index in [0.717, 1.165) is 24.2 Å². The molecule has 6 heteroatoms. The van der Waals surface area contributed by atoms with E-state index in [-0.39, 0.29) is 23.0 Å². The summed E-state index contributed by atoms with van der Waals surface area (Å²) in [7, 11) is 0. The van der Waals surface area contributed by atoms with Crippen LogP contribution in [0.1, 0.15) is 26.2 Å². The normalized spacial score (nSPS) is 23.4. The number of carbonyl (C=O) groups is 2. The number of carbonyl (C=O) groups excluding carboxylic acids is 2. The van der Waals surface area contributed by atoms with Gasteiger partial charge in [-0.3, -0.25) is 4.79 Å². The molecule has 1 aromatic rings. The molecule has 0 unspecified atom stereocenters. The quantitative estimate of drug-likeness (QED) is 0.781. The van der Waals surface area contributed by atoms with Gasteiger partial charge in [0.1, 0.15) is 6.04 Å². The van der Waals surface area contributed by atoms with Crippen LogP contribution in [0.3, 0.4) is 0 Å². The molecule has 0 spiro atoms. The van der Waals surface area contributed by atoms with Gasteiger partial charge in [0.05, 0.1) is 15.7 Å². The minimum atomic E-state index is -0.442. The van der Waals surface area contributed by atoms with Crippen molar-refractivity contribution in [2.24, 2.45) is 0 Å². The summed E-state index contributed by atoms with van der Waals surface area (Å²) in [4.78, 5) is 27.8. The molecule has 106 valence electrons. The van der Waals surface area contributed by atoms with Crippen LogP contribution in [0.15, 0.2) is 18.2 Å². The van der Waals surface area contributed by atoms with Gasteiger partial charge < -0.3 is 4.90 Å². The van der Waals surface area contributed by atoms with Crippen LogP contribution in [0.2, 0.25) is 10.0 Å². The van der Waals surface area contributed by atoms with Crippen molar-refractivity contribution in [2.75, 3.05) is 4.90 Å². The van der Waals surface area contributed by atoms with Gasteiger partial charge in [-0.25, -0.2) is 9.69 Å². The van der Waals surface area contributed by atoms with Gasteiger partial charge in [-0.2, -0.15) is 0 Å². The highest BCUT2D eigenvalue weighted by atomic mass is 35.5. The Balaban J connectivity index is 1.99. The van der Waals surface area contributed by atoms with E-state index in [1.165, 1.54) is 0 Å². The summed E-state index contributed by atoms with van der Waals surface area (Å²) in [5.41, 5.74) is 0.364. The average molecular weight is 313 g/mol. The number of hydrogen-bond acceptors (Lipinski definition) is 2. The maximum absolute atomic E-state index is 12.6. The number of urea groups is 1. The largest absolute Gasteiger partial charge is 0.332 e. The maximum Gasteiger partial charge on any atom is 0.332 e. The topological polar surface area (TPSA) is 40.6 Å². The zero-order valence-corrected chi connectivity index (χ0v) is 12.5. The monoisotopic (exact) mass is 312 g/mol. The molecule has 0 N–H and O–H groups in total. The van der Waals surface area contributed by atoms with Crippen LogP contribution in [0.5, 0.6) is 0 Å². The molecule has 1 aliphatic heterocycles. The summed E-state index contributed by atoms with van der Waals surface area (Å²) in [6.07, 6.45) is 3.02. The summed E-state index contributed by atoms with van der Waals surface area (Å²) in [6.45, 7) is 1.76. The Kier molecular flexibility index (Phi) is 3.38. The Hall–Kier alpha value is -1.26. The van der Waals surface area contributed by atoms with Gasteiger partial charge in [0, 0.05) is 6.04 Å². The third-order valence-electron chi connectivity index (χ3n) is 4.05. The zero-order chi connectivity index (χ0) is 14.4. The molecule has 0 bridgehead atoms. The highest BCUT2D eigenvalue weighted by molar-refractivity contribution is 6.44. The maximum atomic E-state index is 12.6. The molecule has 2 fully saturated rings. The molecule has 1 heterocycles. The molecule has 1 saturated carbocycles. The molecular formula is C14H14Cl2N2O2. The number of rotatable bonds is 2. The smallest absolute Gasteiger partial charge is 0.309 e. The van der Waals surface area contributed by atoms with Crippen LogP contribution < -0.4 is 4.90 Å².